The van der Waals surface area contributed by atoms with E-state index in [0.717, 1.165) is 90.1 Å². The third kappa shape index (κ3) is 6.31. The number of carbonyl (C=O) groups is 2. The maximum atomic E-state index is 12.8. The number of aliphatic carboxylic acids is 1. The Balaban J connectivity index is 1.41. The average molecular weight is 632 g/mol. The molecule has 0 radical (unpaired) electrons. The Morgan fingerprint density at radius 1 is 1.04 bits per heavy atom. The molecule has 9 nitrogen and oxygen atoms in total. The van der Waals surface area contributed by atoms with Gasteiger partial charge in [-0.05, 0) is 76.0 Å². The Hall–Kier alpha value is -3.50. The molecule has 1 atom stereocenters. The predicted molar refractivity (Wildman–Crippen MR) is 178 cm³/mol. The van der Waals surface area contributed by atoms with Gasteiger partial charge in [-0.15, -0.1) is 0 Å². The van der Waals surface area contributed by atoms with E-state index in [2.05, 4.69) is 47.2 Å². The second-order valence-electron chi connectivity index (χ2n) is 14.5. The Morgan fingerprint density at radius 2 is 1.78 bits per heavy atom. The van der Waals surface area contributed by atoms with Crippen molar-refractivity contribution in [1.29, 1.82) is 0 Å². The smallest absolute Gasteiger partial charge is 0.337 e. The van der Waals surface area contributed by atoms with Gasteiger partial charge in [0.05, 0.1) is 17.0 Å². The highest BCUT2D eigenvalue weighted by Gasteiger charge is 2.37. The zero-order valence-electron chi connectivity index (χ0n) is 27.5. The second-order valence-corrected chi connectivity index (χ2v) is 15.4. The highest BCUT2D eigenvalue weighted by Crippen LogP contribution is 2.45. The van der Waals surface area contributed by atoms with E-state index in [9.17, 15) is 14.7 Å². The van der Waals surface area contributed by atoms with E-state index >= 15 is 0 Å². The summed E-state index contributed by atoms with van der Waals surface area (Å²) in [6, 6.07) is 6.62. The third-order valence-corrected chi connectivity index (χ3v) is 10.4. The van der Waals surface area contributed by atoms with Crippen LogP contribution in [-0.2, 0) is 28.9 Å². The molecule has 0 bridgehead atoms. The number of carboxylic acid groups (broad SMARTS) is 1. The zero-order valence-corrected chi connectivity index (χ0v) is 28.4. The normalized spacial score (nSPS) is 18.7. The van der Waals surface area contributed by atoms with E-state index in [-0.39, 0.29) is 11.3 Å². The molecule has 45 heavy (non-hydrogen) atoms. The van der Waals surface area contributed by atoms with Gasteiger partial charge in [-0.1, -0.05) is 43.4 Å². The van der Waals surface area contributed by atoms with Crippen LogP contribution >= 0.6 is 11.3 Å². The summed E-state index contributed by atoms with van der Waals surface area (Å²) >= 11 is 1.48. The fourth-order valence-electron chi connectivity index (χ4n) is 6.82. The summed E-state index contributed by atoms with van der Waals surface area (Å²) in [6.45, 7) is 18.1. The van der Waals surface area contributed by atoms with Gasteiger partial charge in [-0.2, -0.15) is 0 Å². The highest BCUT2D eigenvalue weighted by atomic mass is 32.1. The summed E-state index contributed by atoms with van der Waals surface area (Å²) in [4.78, 5) is 40.3. The number of amides is 1. The highest BCUT2D eigenvalue weighted by molar-refractivity contribution is 7.17. The molecule has 10 heteroatoms. The molecule has 0 spiro atoms. The number of aromatic nitrogens is 2. The first kappa shape index (κ1) is 31.5. The minimum absolute atomic E-state index is 0.0189. The maximum Gasteiger partial charge on any atom is 0.337 e. The van der Waals surface area contributed by atoms with E-state index in [4.69, 9.17) is 14.7 Å². The number of hydrogen-bond acceptors (Lipinski definition) is 8. The molecule has 2 N–H and O–H groups in total. The number of nitrogens with one attached hydrogen (secondary N) is 1. The number of hydrogen-bond donors (Lipinski definition) is 2. The number of thiazole rings is 1. The lowest BCUT2D eigenvalue weighted by atomic mass is 9.81. The average Bonchev–Trinajstić information content (AvgIpc) is 3.41. The first-order valence-corrected chi connectivity index (χ1v) is 16.8. The maximum absolute atomic E-state index is 12.8. The predicted octanol–water partition coefficient (Wildman–Crippen LogP) is 6.24. The van der Waals surface area contributed by atoms with Gasteiger partial charge in [0.2, 0.25) is 0 Å². The van der Waals surface area contributed by atoms with Crippen LogP contribution in [0.2, 0.25) is 0 Å². The fraction of sp³-hybridized carbons (Fsp3) is 0.543. The van der Waals surface area contributed by atoms with Gasteiger partial charge in [0.25, 0.3) is 5.91 Å². The van der Waals surface area contributed by atoms with Crippen molar-refractivity contribution in [3.63, 3.8) is 0 Å². The molecule has 3 aliphatic rings. The Bertz CT molecular complexity index is 1650. The van der Waals surface area contributed by atoms with Crippen LogP contribution in [0, 0.1) is 19.3 Å². The van der Waals surface area contributed by atoms with Gasteiger partial charge >= 0.3 is 5.97 Å². The summed E-state index contributed by atoms with van der Waals surface area (Å²) in [7, 11) is 0. The number of carboxylic acids is 1. The zero-order chi connectivity index (χ0) is 32.3. The molecule has 1 aromatic carbocycles. The number of pyridine rings is 1. The molecule has 0 unspecified atom stereocenters. The molecule has 2 aromatic heterocycles. The lowest BCUT2D eigenvalue weighted by Crippen LogP contribution is -2.39. The molecule has 0 aliphatic carbocycles. The summed E-state index contributed by atoms with van der Waals surface area (Å²) in [6.07, 6.45) is 2.53. The minimum atomic E-state index is -1.14. The molecule has 1 fully saturated rings. The van der Waals surface area contributed by atoms with Gasteiger partial charge in [-0.3, -0.25) is 9.78 Å². The minimum Gasteiger partial charge on any atom is -0.479 e. The van der Waals surface area contributed by atoms with E-state index < -0.39 is 17.7 Å². The largest absolute Gasteiger partial charge is 0.479 e. The van der Waals surface area contributed by atoms with Crippen molar-refractivity contribution in [2.75, 3.05) is 36.0 Å². The van der Waals surface area contributed by atoms with Crippen molar-refractivity contribution < 1.29 is 19.4 Å². The van der Waals surface area contributed by atoms with Crippen LogP contribution in [0.25, 0.3) is 11.1 Å². The molecule has 240 valence electrons. The molecule has 0 saturated carbocycles. The lowest BCUT2D eigenvalue weighted by Gasteiger charge is -2.41. The second kappa shape index (κ2) is 11.7. The Morgan fingerprint density at radius 3 is 2.44 bits per heavy atom. The Labute approximate surface area is 270 Å². The van der Waals surface area contributed by atoms with Crippen LogP contribution in [0.15, 0.2) is 18.2 Å². The molecule has 3 aromatic rings. The van der Waals surface area contributed by atoms with Crippen molar-refractivity contribution in [3.8, 4) is 11.1 Å². The summed E-state index contributed by atoms with van der Waals surface area (Å²) in [5.41, 5.74) is 8.22. The van der Waals surface area contributed by atoms with Crippen molar-refractivity contribution in [2.24, 2.45) is 5.41 Å². The van der Waals surface area contributed by atoms with Crippen molar-refractivity contribution >= 4 is 34.0 Å². The number of benzene rings is 1. The van der Waals surface area contributed by atoms with Crippen LogP contribution < -0.4 is 15.1 Å². The molecule has 5 heterocycles. The number of fused-ring (bicyclic) bond motifs is 2. The van der Waals surface area contributed by atoms with Crippen LogP contribution in [0.3, 0.4) is 0 Å². The van der Waals surface area contributed by atoms with E-state index in [1.54, 1.807) is 0 Å². The fourth-order valence-corrected chi connectivity index (χ4v) is 7.88. The summed E-state index contributed by atoms with van der Waals surface area (Å²) in [5, 5.41) is 14.3. The van der Waals surface area contributed by atoms with Crippen LogP contribution in [0.5, 0.6) is 0 Å². The Kier molecular flexibility index (Phi) is 8.18. The van der Waals surface area contributed by atoms with Gasteiger partial charge in [0, 0.05) is 61.7 Å². The number of piperidine rings is 1. The third-order valence-electron chi connectivity index (χ3n) is 9.29. The quantitative estimate of drug-likeness (QED) is 0.329. The monoisotopic (exact) mass is 631 g/mol. The number of ether oxygens (including phenoxy) is 1. The van der Waals surface area contributed by atoms with E-state index in [1.165, 1.54) is 22.5 Å². The van der Waals surface area contributed by atoms with Crippen LogP contribution in [0.4, 0.5) is 10.8 Å². The van der Waals surface area contributed by atoms with Crippen LogP contribution in [-0.4, -0.2) is 58.7 Å². The van der Waals surface area contributed by atoms with Crippen molar-refractivity contribution in [2.45, 2.75) is 92.4 Å². The SMILES string of the molecule is Cc1nc(C)c([C@H](OC(C)(C)C)C(=O)O)c(N2CCC(C)(C)CC2)c1-c1ccc2c(c1)CCN(c1nc3c(s1)C(=O)NCC3)C2. The molecule has 1 amide bonds. The molecule has 1 saturated heterocycles. The molecule has 3 aliphatic heterocycles. The van der Waals surface area contributed by atoms with E-state index in [0.29, 0.717) is 17.8 Å². The van der Waals surface area contributed by atoms with E-state index in [1.807, 2.05) is 34.6 Å². The van der Waals surface area contributed by atoms with Gasteiger partial charge in [0.15, 0.2) is 11.2 Å². The first-order valence-electron chi connectivity index (χ1n) is 16.0. The number of aryl methyl sites for hydroxylation is 2. The van der Waals surface area contributed by atoms with Crippen molar-refractivity contribution in [1.82, 2.24) is 15.3 Å². The first-order chi connectivity index (χ1) is 21.2. The van der Waals surface area contributed by atoms with Crippen LogP contribution in [0.1, 0.15) is 97.0 Å². The topological polar surface area (TPSA) is 108 Å². The molecule has 6 rings (SSSR count). The molecular weight excluding hydrogens is 586 g/mol. The number of carbonyl (C=O) groups excluding carboxylic acids is 1. The standard InChI is InChI=1S/C35H45N5O4S/c1-20-26(23-8-9-24-19-40(15-11-22(24)18-23)33-38-25-10-14-36-31(41)30(25)45-33)28(39-16-12-35(6,7)13-17-39)27(21(2)37-20)29(32(42)43)44-34(3,4)5/h8-9,18,29H,10-17,19H2,1-7H3,(H,36,41)(H,42,43)/t29-/m0/s1. The number of rotatable bonds is 6. The summed E-state index contributed by atoms with van der Waals surface area (Å²) in [5.74, 6) is -1.02. The number of anilines is 2. The number of nitrogens with zero attached hydrogens (tertiary/aromatic N) is 4. The summed E-state index contributed by atoms with van der Waals surface area (Å²) < 4.78 is 6.25. The van der Waals surface area contributed by atoms with Gasteiger partial charge < -0.3 is 25.0 Å². The molecular formula is C35H45N5O4S. The van der Waals surface area contributed by atoms with Gasteiger partial charge in [0.1, 0.15) is 4.88 Å². The van der Waals surface area contributed by atoms with Crippen molar-refractivity contribution in [3.05, 3.63) is 56.8 Å². The van der Waals surface area contributed by atoms with Gasteiger partial charge in [-0.25, -0.2) is 9.78 Å². The lowest BCUT2D eigenvalue weighted by molar-refractivity contribution is -0.160.